The number of pyridine rings is 1. The predicted molar refractivity (Wildman–Crippen MR) is 130 cm³/mol. The van der Waals surface area contributed by atoms with Crippen molar-refractivity contribution in [3.05, 3.63) is 102 Å². The molecule has 1 aliphatic rings. The molecule has 0 saturated heterocycles. The fourth-order valence-electron chi connectivity index (χ4n) is 4.24. The van der Waals surface area contributed by atoms with Gasteiger partial charge in [-0.15, -0.1) is 6.58 Å². The van der Waals surface area contributed by atoms with E-state index < -0.39 is 24.5 Å². The van der Waals surface area contributed by atoms with Crippen LogP contribution >= 0.6 is 0 Å². The zero-order valence-corrected chi connectivity index (χ0v) is 19.0. The summed E-state index contributed by atoms with van der Waals surface area (Å²) in [5.41, 5.74) is 5.26. The highest BCUT2D eigenvalue weighted by molar-refractivity contribution is 5.96. The minimum absolute atomic E-state index is 0.0442. The molecule has 2 amide bonds. The lowest BCUT2D eigenvalue weighted by Gasteiger charge is -2.19. The monoisotopic (exact) mass is 471 g/mol. The summed E-state index contributed by atoms with van der Waals surface area (Å²) in [6.45, 7) is 3.46. The zero-order valence-electron chi connectivity index (χ0n) is 19.0. The molecule has 0 aliphatic heterocycles. The summed E-state index contributed by atoms with van der Waals surface area (Å²) < 4.78 is 5.52. The molecule has 178 valence electrons. The van der Waals surface area contributed by atoms with Crippen LogP contribution in [0.5, 0.6) is 0 Å². The largest absolute Gasteiger partial charge is 0.480 e. The van der Waals surface area contributed by atoms with E-state index in [-0.39, 0.29) is 31.2 Å². The van der Waals surface area contributed by atoms with E-state index in [1.807, 2.05) is 36.4 Å². The van der Waals surface area contributed by atoms with E-state index in [0.717, 1.165) is 27.2 Å². The number of carbonyl (C=O) groups excluding carboxylic acids is 2. The SMILES string of the molecule is C=CCN(CC(=O)O)C(=O)c1ccnc(CNC(=O)OCC2c3ccccc3-c3ccccc32)c1. The van der Waals surface area contributed by atoms with Crippen molar-refractivity contribution in [1.29, 1.82) is 0 Å². The molecular formula is C27H25N3O5. The number of ether oxygens (including phenoxy) is 1. The minimum atomic E-state index is -1.12. The molecule has 1 aliphatic carbocycles. The van der Waals surface area contributed by atoms with Gasteiger partial charge in [-0.05, 0) is 34.4 Å². The molecule has 0 saturated carbocycles. The van der Waals surface area contributed by atoms with Crippen molar-refractivity contribution in [2.24, 2.45) is 0 Å². The molecular weight excluding hydrogens is 446 g/mol. The first-order valence-corrected chi connectivity index (χ1v) is 11.1. The third-order valence-electron chi connectivity index (χ3n) is 5.78. The molecule has 0 radical (unpaired) electrons. The first kappa shape index (κ1) is 23.7. The Kier molecular flexibility index (Phi) is 7.21. The summed E-state index contributed by atoms with van der Waals surface area (Å²) in [7, 11) is 0. The molecule has 0 unspecified atom stereocenters. The summed E-state index contributed by atoms with van der Waals surface area (Å²) in [5, 5.41) is 11.7. The number of aliphatic carboxylic acids is 1. The molecule has 8 heteroatoms. The number of hydrogen-bond acceptors (Lipinski definition) is 5. The number of carboxylic acid groups (broad SMARTS) is 1. The van der Waals surface area contributed by atoms with Gasteiger partial charge in [-0.2, -0.15) is 0 Å². The molecule has 0 spiro atoms. The van der Waals surface area contributed by atoms with Gasteiger partial charge in [0.15, 0.2) is 0 Å². The number of carbonyl (C=O) groups is 3. The van der Waals surface area contributed by atoms with Crippen molar-refractivity contribution in [1.82, 2.24) is 15.2 Å². The van der Waals surface area contributed by atoms with Crippen molar-refractivity contribution in [2.75, 3.05) is 19.7 Å². The fourth-order valence-corrected chi connectivity index (χ4v) is 4.24. The predicted octanol–water partition coefficient (Wildman–Crippen LogP) is 3.83. The van der Waals surface area contributed by atoms with Gasteiger partial charge < -0.3 is 20.1 Å². The molecule has 3 aromatic rings. The van der Waals surface area contributed by atoms with Gasteiger partial charge >= 0.3 is 12.1 Å². The Morgan fingerprint density at radius 1 is 1.06 bits per heavy atom. The Morgan fingerprint density at radius 3 is 2.34 bits per heavy atom. The normalized spacial score (nSPS) is 11.8. The minimum Gasteiger partial charge on any atom is -0.480 e. The number of rotatable bonds is 9. The van der Waals surface area contributed by atoms with E-state index in [9.17, 15) is 14.4 Å². The smallest absolute Gasteiger partial charge is 0.407 e. The maximum Gasteiger partial charge on any atom is 0.407 e. The van der Waals surface area contributed by atoms with E-state index in [1.54, 1.807) is 0 Å². The first-order chi connectivity index (χ1) is 17.0. The lowest BCUT2D eigenvalue weighted by Crippen LogP contribution is -2.36. The molecule has 8 nitrogen and oxygen atoms in total. The van der Waals surface area contributed by atoms with Gasteiger partial charge in [0.2, 0.25) is 0 Å². The fraction of sp³-hybridized carbons (Fsp3) is 0.185. The van der Waals surface area contributed by atoms with Crippen LogP contribution < -0.4 is 5.32 Å². The van der Waals surface area contributed by atoms with Crippen LogP contribution in [0, 0.1) is 0 Å². The van der Waals surface area contributed by atoms with Gasteiger partial charge in [0, 0.05) is 24.2 Å². The van der Waals surface area contributed by atoms with Crippen LogP contribution in [0.2, 0.25) is 0 Å². The number of aromatic nitrogens is 1. The summed E-state index contributed by atoms with van der Waals surface area (Å²) >= 11 is 0. The number of nitrogens with one attached hydrogen (secondary N) is 1. The summed E-state index contributed by atoms with van der Waals surface area (Å²) in [4.78, 5) is 41.5. The standard InChI is InChI=1S/C27H25N3O5/c1-2-13-30(16-25(31)32)26(33)18-11-12-28-19(14-18)15-29-27(34)35-17-24-22-9-5-3-7-20(22)21-8-4-6-10-23(21)24/h2-12,14,24H,1,13,15-17H2,(H,29,34)(H,31,32). The van der Waals surface area contributed by atoms with Crippen LogP contribution in [0.3, 0.4) is 0 Å². The van der Waals surface area contributed by atoms with Crippen molar-refractivity contribution >= 4 is 18.0 Å². The van der Waals surface area contributed by atoms with E-state index in [2.05, 4.69) is 29.0 Å². The molecule has 0 bridgehead atoms. The number of fused-ring (bicyclic) bond motifs is 3. The van der Waals surface area contributed by atoms with Gasteiger partial charge in [0.05, 0.1) is 12.2 Å². The van der Waals surface area contributed by atoms with Gasteiger partial charge in [-0.1, -0.05) is 54.6 Å². The summed E-state index contributed by atoms with van der Waals surface area (Å²) in [6.07, 6.45) is 2.31. The van der Waals surface area contributed by atoms with Crippen LogP contribution in [-0.4, -0.2) is 52.7 Å². The van der Waals surface area contributed by atoms with Gasteiger partial charge in [0.1, 0.15) is 13.2 Å². The van der Waals surface area contributed by atoms with E-state index in [0.29, 0.717) is 5.69 Å². The number of hydrogen-bond donors (Lipinski definition) is 2. The summed E-state index contributed by atoms with van der Waals surface area (Å²) in [6, 6.07) is 19.2. The lowest BCUT2D eigenvalue weighted by atomic mass is 9.98. The van der Waals surface area contributed by atoms with Crippen molar-refractivity contribution in [3.63, 3.8) is 0 Å². The number of alkyl carbamates (subject to hydrolysis) is 1. The highest BCUT2D eigenvalue weighted by Gasteiger charge is 2.29. The van der Waals surface area contributed by atoms with Gasteiger partial charge in [-0.3, -0.25) is 14.6 Å². The third-order valence-corrected chi connectivity index (χ3v) is 5.78. The Labute approximate surface area is 202 Å². The first-order valence-electron chi connectivity index (χ1n) is 11.1. The van der Waals surface area contributed by atoms with Crippen LogP contribution in [-0.2, 0) is 16.1 Å². The van der Waals surface area contributed by atoms with Gasteiger partial charge in [-0.25, -0.2) is 4.79 Å². The molecule has 2 aromatic carbocycles. The molecule has 1 heterocycles. The Bertz CT molecular complexity index is 1230. The van der Waals surface area contributed by atoms with Crippen molar-refractivity contribution in [3.8, 4) is 11.1 Å². The Hall–Kier alpha value is -4.46. The second-order valence-electron chi connectivity index (χ2n) is 8.08. The van der Waals surface area contributed by atoms with Crippen LogP contribution in [0.4, 0.5) is 4.79 Å². The lowest BCUT2D eigenvalue weighted by molar-refractivity contribution is -0.137. The second kappa shape index (κ2) is 10.6. The summed E-state index contributed by atoms with van der Waals surface area (Å²) in [5.74, 6) is -1.62. The van der Waals surface area contributed by atoms with Crippen LogP contribution in [0.15, 0.2) is 79.5 Å². The van der Waals surface area contributed by atoms with Crippen molar-refractivity contribution in [2.45, 2.75) is 12.5 Å². The molecule has 1 aromatic heterocycles. The quantitative estimate of drug-likeness (QED) is 0.459. The van der Waals surface area contributed by atoms with E-state index >= 15 is 0 Å². The molecule has 0 fully saturated rings. The maximum atomic E-state index is 12.7. The molecule has 2 N–H and O–H groups in total. The highest BCUT2D eigenvalue weighted by Crippen LogP contribution is 2.44. The maximum absolute atomic E-state index is 12.7. The highest BCUT2D eigenvalue weighted by atomic mass is 16.5. The van der Waals surface area contributed by atoms with Crippen molar-refractivity contribution < 1.29 is 24.2 Å². The molecule has 35 heavy (non-hydrogen) atoms. The van der Waals surface area contributed by atoms with Crippen LogP contribution in [0.25, 0.3) is 11.1 Å². The number of nitrogens with zero attached hydrogens (tertiary/aromatic N) is 2. The second-order valence-corrected chi connectivity index (χ2v) is 8.08. The number of amides is 2. The topological polar surface area (TPSA) is 109 Å². The van der Waals surface area contributed by atoms with E-state index in [1.165, 1.54) is 24.4 Å². The third kappa shape index (κ3) is 5.38. The Balaban J connectivity index is 1.36. The zero-order chi connectivity index (χ0) is 24.8. The van der Waals surface area contributed by atoms with Gasteiger partial charge in [0.25, 0.3) is 5.91 Å². The Morgan fingerprint density at radius 2 is 1.71 bits per heavy atom. The molecule has 4 rings (SSSR count). The molecule has 0 atom stereocenters. The average Bonchev–Trinajstić information content (AvgIpc) is 3.19. The average molecular weight is 472 g/mol. The van der Waals surface area contributed by atoms with Crippen LogP contribution in [0.1, 0.15) is 33.1 Å². The van der Waals surface area contributed by atoms with E-state index in [4.69, 9.17) is 9.84 Å². The number of benzene rings is 2. The number of carboxylic acids is 1.